The maximum absolute atomic E-state index is 11.5. The van der Waals surface area contributed by atoms with Crippen LogP contribution >= 0.6 is 0 Å². The van der Waals surface area contributed by atoms with Crippen molar-refractivity contribution in [1.29, 1.82) is 0 Å². The van der Waals surface area contributed by atoms with Crippen LogP contribution in [0.2, 0.25) is 0 Å². The molecular formula is C19H33N9O6. The molecule has 2 aromatic rings. The lowest BCUT2D eigenvalue weighted by atomic mass is 10.3. The Morgan fingerprint density at radius 2 is 1.74 bits per heavy atom. The predicted octanol–water partition coefficient (Wildman–Crippen LogP) is -3.71. The number of fused-ring (bicyclic) bond motifs is 2. The van der Waals surface area contributed by atoms with E-state index in [1.165, 1.54) is 36.2 Å². The average Bonchev–Trinajstić information content (AvgIpc) is 3.43. The molecular weight excluding hydrogens is 450 g/mol. The summed E-state index contributed by atoms with van der Waals surface area (Å²) in [5, 5.41) is 22.6. The van der Waals surface area contributed by atoms with Gasteiger partial charge in [-0.25, -0.2) is 19.6 Å². The number of urea groups is 1. The van der Waals surface area contributed by atoms with Crippen LogP contribution in [0.3, 0.4) is 0 Å². The third kappa shape index (κ3) is 5.81. The molecule has 2 amide bonds. The normalized spacial score (nSPS) is 16.8. The van der Waals surface area contributed by atoms with Crippen LogP contribution in [-0.2, 0) is 14.1 Å². The quantitative estimate of drug-likeness (QED) is 0.365. The van der Waals surface area contributed by atoms with Gasteiger partial charge in [-0.2, -0.15) is 0 Å². The maximum Gasteiger partial charge on any atom is 0.332 e. The molecule has 2 aliphatic rings. The fourth-order valence-electron chi connectivity index (χ4n) is 2.97. The van der Waals surface area contributed by atoms with Gasteiger partial charge < -0.3 is 35.4 Å². The van der Waals surface area contributed by atoms with Crippen LogP contribution < -0.4 is 21.7 Å². The first-order valence-corrected chi connectivity index (χ1v) is 10.0. The fraction of sp³-hybridized carbons (Fsp3) is 0.526. The number of nitrogens with one attached hydrogen (secondary N) is 2. The zero-order valence-electron chi connectivity index (χ0n) is 20.4. The van der Waals surface area contributed by atoms with E-state index >= 15 is 0 Å². The Bertz CT molecular complexity index is 1190. The summed E-state index contributed by atoms with van der Waals surface area (Å²) in [7, 11) is 12.2. The number of carbonyl (C=O) groups is 1. The van der Waals surface area contributed by atoms with E-state index in [0.717, 1.165) is 20.5 Å². The van der Waals surface area contributed by atoms with Gasteiger partial charge >= 0.3 is 11.7 Å². The molecule has 0 saturated carbocycles. The van der Waals surface area contributed by atoms with Crippen molar-refractivity contribution in [1.82, 2.24) is 34.2 Å². The molecule has 1 atom stereocenters. The third-order valence-corrected chi connectivity index (χ3v) is 4.98. The highest BCUT2D eigenvalue weighted by atomic mass is 16.3. The second kappa shape index (κ2) is 11.0. The Morgan fingerprint density at radius 1 is 1.12 bits per heavy atom. The Balaban J connectivity index is 0.000000264. The monoisotopic (exact) mass is 483 g/mol. The summed E-state index contributed by atoms with van der Waals surface area (Å²) in [5.74, 6) is -0.314. The van der Waals surface area contributed by atoms with Gasteiger partial charge in [-0.3, -0.25) is 18.8 Å². The van der Waals surface area contributed by atoms with Gasteiger partial charge in [0.15, 0.2) is 11.8 Å². The zero-order chi connectivity index (χ0) is 25.1. The van der Waals surface area contributed by atoms with Crippen molar-refractivity contribution in [3.8, 4) is 0 Å². The van der Waals surface area contributed by atoms with Gasteiger partial charge in [0.25, 0.3) is 5.56 Å². The van der Waals surface area contributed by atoms with E-state index in [0.29, 0.717) is 16.9 Å². The van der Waals surface area contributed by atoms with Crippen molar-refractivity contribution in [2.75, 3.05) is 48.4 Å². The molecule has 1 unspecified atom stereocenters. The molecule has 2 aliphatic heterocycles. The lowest BCUT2D eigenvalue weighted by Gasteiger charge is -2.39. The van der Waals surface area contributed by atoms with E-state index in [-0.39, 0.29) is 35.2 Å². The van der Waals surface area contributed by atoms with Crippen LogP contribution in [0.5, 0.6) is 0 Å². The SMILES string of the molecule is CN1C(=O)N(C)C2N=CNC2=C1[O-].C[N+](C)(C)CCO.Cn1c(=O)c2[nH]cnc2n(C)c1=O.O. The summed E-state index contributed by atoms with van der Waals surface area (Å²) >= 11 is 0. The van der Waals surface area contributed by atoms with Gasteiger partial charge in [0, 0.05) is 28.2 Å². The van der Waals surface area contributed by atoms with Gasteiger partial charge in [0.1, 0.15) is 12.1 Å². The summed E-state index contributed by atoms with van der Waals surface area (Å²) in [4.78, 5) is 47.2. The molecule has 0 bridgehead atoms. The lowest BCUT2D eigenvalue weighted by molar-refractivity contribution is -0.870. The summed E-state index contributed by atoms with van der Waals surface area (Å²) in [5.41, 5.74) is 0.447. The number of aliphatic hydroxyl groups is 1. The number of quaternary nitrogens is 1. The van der Waals surface area contributed by atoms with Crippen LogP contribution in [0.4, 0.5) is 4.79 Å². The van der Waals surface area contributed by atoms with E-state index in [1.54, 1.807) is 14.1 Å². The second-order valence-electron chi connectivity index (χ2n) is 8.51. The first-order chi connectivity index (χ1) is 15.3. The molecule has 190 valence electrons. The van der Waals surface area contributed by atoms with Gasteiger partial charge in [-0.1, -0.05) is 0 Å². The minimum atomic E-state index is -0.462. The topological polar surface area (TPSA) is 195 Å². The number of aliphatic hydroxyl groups excluding tert-OH is 1. The molecule has 15 nitrogen and oxygen atoms in total. The minimum absolute atomic E-state index is 0. The van der Waals surface area contributed by atoms with Crippen molar-refractivity contribution in [2.45, 2.75) is 6.17 Å². The molecule has 0 radical (unpaired) electrons. The molecule has 0 aliphatic carbocycles. The molecule has 5 N–H and O–H groups in total. The Labute approximate surface area is 195 Å². The summed E-state index contributed by atoms with van der Waals surface area (Å²) < 4.78 is 3.21. The number of imidazole rings is 1. The molecule has 4 rings (SSSR count). The van der Waals surface area contributed by atoms with E-state index in [2.05, 4.69) is 41.4 Å². The van der Waals surface area contributed by atoms with Crippen LogP contribution in [0, 0.1) is 0 Å². The molecule has 15 heteroatoms. The highest BCUT2D eigenvalue weighted by Gasteiger charge is 2.33. The second-order valence-corrected chi connectivity index (χ2v) is 8.51. The van der Waals surface area contributed by atoms with Gasteiger partial charge in [0.05, 0.1) is 46.1 Å². The number of hydrogen-bond donors (Lipinski definition) is 3. The summed E-state index contributed by atoms with van der Waals surface area (Å²) in [6, 6.07) is -0.334. The predicted molar refractivity (Wildman–Crippen MR) is 124 cm³/mol. The van der Waals surface area contributed by atoms with Crippen molar-refractivity contribution in [3.63, 3.8) is 0 Å². The summed E-state index contributed by atoms with van der Waals surface area (Å²) in [6.07, 6.45) is 2.36. The molecule has 34 heavy (non-hydrogen) atoms. The molecule has 0 spiro atoms. The van der Waals surface area contributed by atoms with Crippen LogP contribution in [0.1, 0.15) is 0 Å². The Kier molecular flexibility index (Phi) is 9.13. The van der Waals surface area contributed by atoms with E-state index in [9.17, 15) is 19.5 Å². The molecule has 2 aromatic heterocycles. The number of likely N-dealkylation sites (N-methyl/N-ethyl adjacent to an activating group) is 2. The van der Waals surface area contributed by atoms with Crippen LogP contribution in [0.15, 0.2) is 32.5 Å². The number of hydrogen-bond acceptors (Lipinski definition) is 8. The number of carbonyl (C=O) groups excluding carboxylic acids is 1. The first kappa shape index (κ1) is 28.3. The third-order valence-electron chi connectivity index (χ3n) is 4.98. The molecule has 0 fully saturated rings. The van der Waals surface area contributed by atoms with Gasteiger partial charge in [0.2, 0.25) is 0 Å². The van der Waals surface area contributed by atoms with E-state index < -0.39 is 6.17 Å². The van der Waals surface area contributed by atoms with Crippen molar-refractivity contribution in [3.05, 3.63) is 38.7 Å². The number of aliphatic imine (C=N–C) groups is 1. The number of aromatic amines is 1. The maximum atomic E-state index is 11.5. The van der Waals surface area contributed by atoms with E-state index in [4.69, 9.17) is 5.11 Å². The molecule has 0 aromatic carbocycles. The number of H-pyrrole nitrogens is 1. The average molecular weight is 484 g/mol. The zero-order valence-corrected chi connectivity index (χ0v) is 20.4. The summed E-state index contributed by atoms with van der Waals surface area (Å²) in [6.45, 7) is 1.11. The highest BCUT2D eigenvalue weighted by Crippen LogP contribution is 2.21. The highest BCUT2D eigenvalue weighted by molar-refractivity contribution is 5.79. The Morgan fingerprint density at radius 3 is 2.26 bits per heavy atom. The lowest BCUT2D eigenvalue weighted by Crippen LogP contribution is -2.52. The minimum Gasteiger partial charge on any atom is -0.859 e. The number of nitrogens with zero attached hydrogens (tertiary/aromatic N) is 7. The van der Waals surface area contributed by atoms with Crippen molar-refractivity contribution < 1.29 is 25.0 Å². The van der Waals surface area contributed by atoms with Crippen LogP contribution in [0.25, 0.3) is 11.2 Å². The number of aryl methyl sites for hydroxylation is 1. The van der Waals surface area contributed by atoms with Gasteiger partial charge in [-0.05, 0) is 5.88 Å². The fourth-order valence-corrected chi connectivity index (χ4v) is 2.97. The van der Waals surface area contributed by atoms with Crippen LogP contribution in [-0.4, -0.2) is 111 Å². The molecule has 4 heterocycles. The number of rotatable bonds is 2. The first-order valence-electron chi connectivity index (χ1n) is 10.0. The number of aromatic nitrogens is 4. The van der Waals surface area contributed by atoms with E-state index in [1.807, 2.05) is 0 Å². The van der Waals surface area contributed by atoms with Crippen molar-refractivity contribution >= 4 is 23.5 Å². The molecule has 0 saturated heterocycles. The number of amides is 2. The Hall–Kier alpha value is -3.69. The van der Waals surface area contributed by atoms with Gasteiger partial charge in [-0.15, -0.1) is 0 Å². The smallest absolute Gasteiger partial charge is 0.332 e. The largest absolute Gasteiger partial charge is 0.859 e. The van der Waals surface area contributed by atoms with Crippen molar-refractivity contribution in [2.24, 2.45) is 19.1 Å². The standard InChI is InChI=1S/C7H10N4O2.C7H8N4O2.C5H14NO.H2O/c2*1-10-5-4(8-3-9-5)6(12)11(2)7(10)13;1-6(2,3)4-5-7;/h3,5,12H,1-2H3,(H,8,9);3H,1-2H3,(H,8,9);7H,4-5H2,1-3H3;1H2/q;;+1;/p-1.